The molecule has 0 radical (unpaired) electrons. The van der Waals surface area contributed by atoms with Crippen LogP contribution in [0.15, 0.2) is 36.8 Å². The van der Waals surface area contributed by atoms with Crippen LogP contribution in [-0.4, -0.2) is 50.4 Å². The number of aromatic nitrogens is 3. The summed E-state index contributed by atoms with van der Waals surface area (Å²) in [5.41, 5.74) is 0.878. The molecule has 3 rings (SSSR count). The maximum atomic E-state index is 13.1. The molecule has 3 N–H and O–H groups in total. The molecule has 3 aromatic heterocycles. The average Bonchev–Trinajstić information content (AvgIpc) is 3.15. The Morgan fingerprint density at radius 3 is 2.81 bits per heavy atom. The lowest BCUT2D eigenvalue weighted by atomic mass is 10.1. The first-order valence-electron chi connectivity index (χ1n) is 9.92. The van der Waals surface area contributed by atoms with Crippen LogP contribution in [0.2, 0.25) is 0 Å². The van der Waals surface area contributed by atoms with Crippen molar-refractivity contribution in [3.63, 3.8) is 0 Å². The molecule has 162 valence electrons. The molecule has 3 heterocycles. The molecule has 1 atom stereocenters. The third kappa shape index (κ3) is 5.35. The minimum atomic E-state index is -0.896. The quantitative estimate of drug-likeness (QED) is 0.512. The number of rotatable bonds is 8. The summed E-state index contributed by atoms with van der Waals surface area (Å²) in [5.74, 6) is 0.125. The number of halogens is 1. The van der Waals surface area contributed by atoms with Crippen LogP contribution in [0.1, 0.15) is 43.1 Å². The first-order valence-corrected chi connectivity index (χ1v) is 9.92. The van der Waals surface area contributed by atoms with Crippen molar-refractivity contribution in [1.29, 1.82) is 5.26 Å². The van der Waals surface area contributed by atoms with Crippen molar-refractivity contribution in [3.8, 4) is 11.9 Å². The number of amides is 1. The molecule has 9 heteroatoms. The molecular formula is C22H25FN6O2. The second-order valence-electron chi connectivity index (χ2n) is 8.04. The van der Waals surface area contributed by atoms with Crippen molar-refractivity contribution in [2.24, 2.45) is 0 Å². The summed E-state index contributed by atoms with van der Waals surface area (Å²) in [6.07, 6.45) is 5.07. The van der Waals surface area contributed by atoms with Crippen molar-refractivity contribution < 1.29 is 14.3 Å². The number of hydrogen-bond acceptors (Lipinski definition) is 6. The van der Waals surface area contributed by atoms with Gasteiger partial charge in [0.2, 0.25) is 0 Å². The van der Waals surface area contributed by atoms with Gasteiger partial charge >= 0.3 is 0 Å². The number of nitrogens with one attached hydrogen (secondary N) is 2. The van der Waals surface area contributed by atoms with Gasteiger partial charge in [0.25, 0.3) is 5.91 Å². The van der Waals surface area contributed by atoms with Crippen LogP contribution < -0.4 is 10.6 Å². The van der Waals surface area contributed by atoms with Crippen LogP contribution >= 0.6 is 0 Å². The highest BCUT2D eigenvalue weighted by molar-refractivity contribution is 5.99. The fourth-order valence-electron chi connectivity index (χ4n) is 3.03. The van der Waals surface area contributed by atoms with Crippen LogP contribution in [0.4, 0.5) is 10.1 Å². The molecular weight excluding hydrogens is 399 g/mol. The minimum absolute atomic E-state index is 0.274. The van der Waals surface area contributed by atoms with E-state index in [2.05, 4.69) is 26.7 Å². The molecule has 0 aliphatic rings. The lowest BCUT2D eigenvalue weighted by Crippen LogP contribution is -2.31. The van der Waals surface area contributed by atoms with Crippen LogP contribution in [0, 0.1) is 11.3 Å². The van der Waals surface area contributed by atoms with E-state index in [0.717, 1.165) is 5.39 Å². The van der Waals surface area contributed by atoms with Gasteiger partial charge in [0, 0.05) is 36.6 Å². The third-order valence-corrected chi connectivity index (χ3v) is 4.69. The van der Waals surface area contributed by atoms with Gasteiger partial charge in [-0.05, 0) is 39.3 Å². The highest BCUT2D eigenvalue weighted by Gasteiger charge is 2.18. The Hall–Kier alpha value is -3.51. The number of fused-ring (bicyclic) bond motifs is 1. The van der Waals surface area contributed by atoms with Crippen LogP contribution in [0.25, 0.3) is 16.9 Å². The van der Waals surface area contributed by atoms with Crippen molar-refractivity contribution in [3.05, 3.63) is 47.9 Å². The van der Waals surface area contributed by atoms with E-state index in [9.17, 15) is 14.3 Å². The molecule has 0 aliphatic heterocycles. The number of alkyl halides is 1. The Morgan fingerprint density at radius 2 is 2.13 bits per heavy atom. The predicted molar refractivity (Wildman–Crippen MR) is 116 cm³/mol. The molecule has 1 amide bonds. The molecule has 0 saturated carbocycles. The molecule has 0 aromatic carbocycles. The van der Waals surface area contributed by atoms with Gasteiger partial charge in [0.1, 0.15) is 24.2 Å². The Morgan fingerprint density at radius 1 is 1.35 bits per heavy atom. The topological polar surface area (TPSA) is 116 Å². The van der Waals surface area contributed by atoms with Crippen LogP contribution in [0.5, 0.6) is 0 Å². The Balaban J connectivity index is 1.94. The fourth-order valence-corrected chi connectivity index (χ4v) is 3.03. The maximum absolute atomic E-state index is 13.1. The first kappa shape index (κ1) is 22.2. The summed E-state index contributed by atoms with van der Waals surface area (Å²) in [6.45, 7) is 4.69. The summed E-state index contributed by atoms with van der Waals surface area (Å²) in [7, 11) is 0. The fraction of sp³-hybridized carbons (Fsp3) is 0.364. The van der Waals surface area contributed by atoms with E-state index in [1.54, 1.807) is 43.7 Å². The molecule has 0 bridgehead atoms. The molecule has 0 spiro atoms. The largest absolute Gasteiger partial charge is 0.390 e. The molecule has 0 aliphatic carbocycles. The van der Waals surface area contributed by atoms with Crippen molar-refractivity contribution in [1.82, 2.24) is 19.9 Å². The number of nitrogens with zero attached hydrogens (tertiary/aromatic N) is 4. The van der Waals surface area contributed by atoms with E-state index in [-0.39, 0.29) is 18.0 Å². The number of nitriles is 1. The minimum Gasteiger partial charge on any atom is -0.390 e. The molecule has 1 unspecified atom stereocenters. The third-order valence-electron chi connectivity index (χ3n) is 4.69. The number of aliphatic hydroxyl groups is 1. The van der Waals surface area contributed by atoms with Crippen molar-refractivity contribution >= 4 is 22.6 Å². The maximum Gasteiger partial charge on any atom is 0.254 e. The van der Waals surface area contributed by atoms with Gasteiger partial charge in [-0.2, -0.15) is 5.26 Å². The zero-order chi connectivity index (χ0) is 22.6. The zero-order valence-electron chi connectivity index (χ0n) is 17.7. The number of hydrogen-bond donors (Lipinski definition) is 3. The second kappa shape index (κ2) is 9.10. The van der Waals surface area contributed by atoms with Gasteiger partial charge < -0.3 is 15.7 Å². The summed E-state index contributed by atoms with van der Waals surface area (Å²) in [6, 6.07) is 6.77. The number of pyridine rings is 2. The van der Waals surface area contributed by atoms with Gasteiger partial charge in [0.05, 0.1) is 28.5 Å². The second-order valence-corrected chi connectivity index (χ2v) is 8.04. The Bertz CT molecular complexity index is 1130. The molecule has 3 aromatic rings. The highest BCUT2D eigenvalue weighted by Crippen LogP contribution is 2.23. The Labute approximate surface area is 179 Å². The van der Waals surface area contributed by atoms with Crippen LogP contribution in [0.3, 0.4) is 0 Å². The number of anilines is 1. The normalized spacial score (nSPS) is 12.4. The lowest BCUT2D eigenvalue weighted by molar-refractivity contribution is 0.0693. The summed E-state index contributed by atoms with van der Waals surface area (Å²) in [5, 5.41) is 25.4. The van der Waals surface area contributed by atoms with Gasteiger partial charge in [0.15, 0.2) is 0 Å². The SMILES string of the molecule is CC(CF)Nc1cc(-n2ccc3cc(C#N)cnc32)ncc1C(=O)NCCC(C)(C)O. The van der Waals surface area contributed by atoms with E-state index < -0.39 is 18.3 Å². The number of carbonyl (C=O) groups is 1. The van der Waals surface area contributed by atoms with Crippen molar-refractivity contribution in [2.45, 2.75) is 38.8 Å². The van der Waals surface area contributed by atoms with Gasteiger partial charge in [-0.25, -0.2) is 14.4 Å². The average molecular weight is 424 g/mol. The van der Waals surface area contributed by atoms with E-state index in [1.165, 1.54) is 12.4 Å². The van der Waals surface area contributed by atoms with E-state index in [0.29, 0.717) is 29.1 Å². The molecule has 0 fully saturated rings. The summed E-state index contributed by atoms with van der Waals surface area (Å²) < 4.78 is 14.9. The van der Waals surface area contributed by atoms with E-state index >= 15 is 0 Å². The standard InChI is InChI=1S/C22H25FN6O2/c1-14(10-23)28-18-9-19(26-13-17(18)21(30)25-6-5-22(2,3)31)29-7-4-16-8-15(11-24)12-27-20(16)29/h4,7-9,12-14,31H,5-6,10H2,1-3H3,(H,25,30)(H,26,28). The summed E-state index contributed by atoms with van der Waals surface area (Å²) >= 11 is 0. The monoisotopic (exact) mass is 424 g/mol. The highest BCUT2D eigenvalue weighted by atomic mass is 19.1. The van der Waals surface area contributed by atoms with Gasteiger partial charge in [-0.3, -0.25) is 9.36 Å². The Kier molecular flexibility index (Phi) is 6.51. The zero-order valence-corrected chi connectivity index (χ0v) is 17.7. The smallest absolute Gasteiger partial charge is 0.254 e. The first-order chi connectivity index (χ1) is 14.7. The number of carbonyl (C=O) groups excluding carboxylic acids is 1. The van der Waals surface area contributed by atoms with Gasteiger partial charge in [-0.15, -0.1) is 0 Å². The van der Waals surface area contributed by atoms with E-state index in [1.807, 2.05) is 6.07 Å². The van der Waals surface area contributed by atoms with Crippen molar-refractivity contribution in [2.75, 3.05) is 18.5 Å². The lowest BCUT2D eigenvalue weighted by Gasteiger charge is -2.19. The van der Waals surface area contributed by atoms with Gasteiger partial charge in [-0.1, -0.05) is 0 Å². The van der Waals surface area contributed by atoms with E-state index in [4.69, 9.17) is 5.26 Å². The van der Waals surface area contributed by atoms with Crippen LogP contribution in [-0.2, 0) is 0 Å². The summed E-state index contributed by atoms with van der Waals surface area (Å²) in [4.78, 5) is 21.4. The molecule has 8 nitrogen and oxygen atoms in total. The molecule has 31 heavy (non-hydrogen) atoms. The molecule has 0 saturated heterocycles. The predicted octanol–water partition coefficient (Wildman–Crippen LogP) is 2.95.